The minimum Gasteiger partial charge on any atom is -0.337 e. The summed E-state index contributed by atoms with van der Waals surface area (Å²) in [5, 5.41) is 0.0123. The summed E-state index contributed by atoms with van der Waals surface area (Å²) in [4.78, 5) is 40.3. The molecule has 0 aliphatic heterocycles. The highest BCUT2D eigenvalue weighted by Crippen LogP contribution is 2.30. The van der Waals surface area contributed by atoms with Crippen molar-refractivity contribution in [2.24, 2.45) is 0 Å². The molecule has 1 aromatic heterocycles. The van der Waals surface area contributed by atoms with E-state index in [4.69, 9.17) is 11.6 Å². The molecule has 0 aliphatic carbocycles. The van der Waals surface area contributed by atoms with Gasteiger partial charge >= 0.3 is 0 Å². The number of aromatic nitrogens is 1. The molecule has 35 heavy (non-hydrogen) atoms. The van der Waals surface area contributed by atoms with E-state index in [0.29, 0.717) is 11.8 Å². The Morgan fingerprint density at radius 3 is 2.29 bits per heavy atom. The Balaban J connectivity index is 1.98. The fraction of sp³-hybridized carbons (Fsp3) is 0.240. The molecule has 0 unspecified atom stereocenters. The monoisotopic (exact) mass is 515 g/mol. The number of amides is 1. The van der Waals surface area contributed by atoms with E-state index in [0.717, 1.165) is 5.56 Å². The quantitative estimate of drug-likeness (QED) is 0.457. The van der Waals surface area contributed by atoms with Gasteiger partial charge < -0.3 is 9.88 Å². The fourth-order valence-corrected chi connectivity index (χ4v) is 4.71. The first-order valence-electron chi connectivity index (χ1n) is 10.7. The van der Waals surface area contributed by atoms with E-state index in [2.05, 4.69) is 9.71 Å². The second kappa shape index (κ2) is 10.1. The molecule has 10 heteroatoms. The van der Waals surface area contributed by atoms with Gasteiger partial charge in [-0.15, -0.1) is 0 Å². The number of sulfonamides is 1. The van der Waals surface area contributed by atoms with Crippen LogP contribution in [0.2, 0.25) is 5.02 Å². The standard InChI is InChI=1S/C25H26ClN3O5S/c1-25(2,3)17-6-8-18(9-7-17)35(33,34)28-21-11-10-20(26)19(15-30)23(21)24(32)29(4)14-16-5-12-22(31)27-13-16/h5-13,15,28H,14H2,1-4H3,(H,27,31). The number of anilines is 1. The first kappa shape index (κ1) is 26.2. The SMILES string of the molecule is CN(Cc1ccc(=O)[nH]c1)C(=O)c1c(NS(=O)(=O)c2ccc(C(C)(C)C)cc2)ccc(Cl)c1C=O. The maximum absolute atomic E-state index is 13.3. The second-order valence-corrected chi connectivity index (χ2v) is 11.2. The van der Waals surface area contributed by atoms with Crippen molar-refractivity contribution >= 4 is 39.5 Å². The number of rotatable bonds is 7. The van der Waals surface area contributed by atoms with E-state index in [1.54, 1.807) is 18.2 Å². The normalized spacial score (nSPS) is 11.7. The van der Waals surface area contributed by atoms with Crippen molar-refractivity contribution < 1.29 is 18.0 Å². The number of hydrogen-bond acceptors (Lipinski definition) is 5. The van der Waals surface area contributed by atoms with Crippen molar-refractivity contribution in [3.05, 3.63) is 92.4 Å². The average molecular weight is 516 g/mol. The number of aromatic amines is 1. The summed E-state index contributed by atoms with van der Waals surface area (Å²) in [6.45, 7) is 6.15. The van der Waals surface area contributed by atoms with Gasteiger partial charge in [-0.1, -0.05) is 50.6 Å². The molecule has 184 valence electrons. The Hall–Kier alpha value is -3.43. The number of nitrogens with zero attached hydrogens (tertiary/aromatic N) is 1. The topological polar surface area (TPSA) is 116 Å². The molecule has 3 rings (SSSR count). The Morgan fingerprint density at radius 1 is 1.09 bits per heavy atom. The van der Waals surface area contributed by atoms with E-state index in [1.165, 1.54) is 48.5 Å². The van der Waals surface area contributed by atoms with Crippen molar-refractivity contribution in [1.29, 1.82) is 0 Å². The van der Waals surface area contributed by atoms with Gasteiger partial charge in [0.2, 0.25) is 5.56 Å². The number of pyridine rings is 1. The first-order chi connectivity index (χ1) is 16.3. The van der Waals surface area contributed by atoms with Crippen molar-refractivity contribution in [3.63, 3.8) is 0 Å². The number of H-pyrrole nitrogens is 1. The summed E-state index contributed by atoms with van der Waals surface area (Å²) >= 11 is 6.16. The van der Waals surface area contributed by atoms with Crippen LogP contribution in [-0.4, -0.2) is 37.5 Å². The van der Waals surface area contributed by atoms with Crippen molar-refractivity contribution in [2.45, 2.75) is 37.6 Å². The maximum Gasteiger partial charge on any atom is 0.261 e. The average Bonchev–Trinajstić information content (AvgIpc) is 2.80. The Bertz CT molecular complexity index is 1400. The van der Waals surface area contributed by atoms with Gasteiger partial charge in [-0.2, -0.15) is 0 Å². The zero-order valence-corrected chi connectivity index (χ0v) is 21.3. The molecule has 0 atom stereocenters. The van der Waals surface area contributed by atoms with Gasteiger partial charge in [0, 0.05) is 31.4 Å². The largest absolute Gasteiger partial charge is 0.337 e. The zero-order chi connectivity index (χ0) is 26.0. The molecule has 2 aromatic carbocycles. The zero-order valence-electron chi connectivity index (χ0n) is 19.8. The number of carbonyl (C=O) groups is 2. The molecule has 0 fully saturated rings. The van der Waals surface area contributed by atoms with Gasteiger partial charge in [0.05, 0.1) is 21.2 Å². The third-order valence-corrected chi connectivity index (χ3v) is 7.13. The minimum atomic E-state index is -4.08. The van der Waals surface area contributed by atoms with Crippen molar-refractivity contribution in [2.75, 3.05) is 11.8 Å². The molecule has 0 aliphatic rings. The minimum absolute atomic E-state index is 0.00750. The Labute approximate surface area is 209 Å². The predicted octanol–water partition coefficient (Wildman–Crippen LogP) is 4.21. The molecular formula is C25H26ClN3O5S. The molecule has 1 heterocycles. The van der Waals surface area contributed by atoms with Gasteiger partial charge in [0.15, 0.2) is 6.29 Å². The fourth-order valence-electron chi connectivity index (χ4n) is 3.44. The molecule has 0 saturated heterocycles. The molecule has 0 radical (unpaired) electrons. The summed E-state index contributed by atoms with van der Waals surface area (Å²) in [5.41, 5.74) is 0.785. The number of aldehydes is 1. The molecule has 0 saturated carbocycles. The van der Waals surface area contributed by atoms with Crippen LogP contribution in [0.25, 0.3) is 0 Å². The van der Waals surface area contributed by atoms with Crippen LogP contribution < -0.4 is 10.3 Å². The first-order valence-corrected chi connectivity index (χ1v) is 12.5. The predicted molar refractivity (Wildman–Crippen MR) is 136 cm³/mol. The lowest BCUT2D eigenvalue weighted by atomic mass is 9.87. The van der Waals surface area contributed by atoms with Crippen molar-refractivity contribution in [1.82, 2.24) is 9.88 Å². The van der Waals surface area contributed by atoms with E-state index >= 15 is 0 Å². The number of benzene rings is 2. The summed E-state index contributed by atoms with van der Waals surface area (Å²) in [7, 11) is -2.59. The van der Waals surface area contributed by atoms with E-state index in [1.807, 2.05) is 20.8 Å². The van der Waals surface area contributed by atoms with Crippen LogP contribution in [0.4, 0.5) is 5.69 Å². The Morgan fingerprint density at radius 2 is 1.74 bits per heavy atom. The second-order valence-electron chi connectivity index (χ2n) is 9.10. The third-order valence-electron chi connectivity index (χ3n) is 5.41. The number of nitrogens with one attached hydrogen (secondary N) is 2. The highest BCUT2D eigenvalue weighted by Gasteiger charge is 2.26. The lowest BCUT2D eigenvalue weighted by Gasteiger charge is -2.22. The summed E-state index contributed by atoms with van der Waals surface area (Å²) < 4.78 is 28.7. The maximum atomic E-state index is 13.3. The van der Waals surface area contributed by atoms with E-state index in [9.17, 15) is 22.8 Å². The third kappa shape index (κ3) is 5.98. The van der Waals surface area contributed by atoms with Gasteiger partial charge in [0.1, 0.15) is 0 Å². The van der Waals surface area contributed by atoms with Crippen LogP contribution in [0.15, 0.2) is 64.4 Å². The van der Waals surface area contributed by atoms with Crippen molar-refractivity contribution in [3.8, 4) is 0 Å². The van der Waals surface area contributed by atoms with Crippen LogP contribution in [0, 0.1) is 0 Å². The van der Waals surface area contributed by atoms with Gasteiger partial charge in [-0.25, -0.2) is 8.42 Å². The molecular weight excluding hydrogens is 490 g/mol. The molecule has 0 bridgehead atoms. The van der Waals surface area contributed by atoms with Gasteiger partial charge in [0.25, 0.3) is 15.9 Å². The summed E-state index contributed by atoms with van der Waals surface area (Å²) in [6.07, 6.45) is 1.88. The number of carbonyl (C=O) groups excluding carboxylic acids is 2. The summed E-state index contributed by atoms with van der Waals surface area (Å²) in [5.74, 6) is -0.624. The lowest BCUT2D eigenvalue weighted by molar-refractivity contribution is 0.0783. The van der Waals surface area contributed by atoms with E-state index in [-0.39, 0.29) is 44.3 Å². The van der Waals surface area contributed by atoms with Crippen LogP contribution >= 0.6 is 11.6 Å². The molecule has 2 N–H and O–H groups in total. The highest BCUT2D eigenvalue weighted by atomic mass is 35.5. The van der Waals surface area contributed by atoms with Crippen LogP contribution in [0.3, 0.4) is 0 Å². The Kier molecular flexibility index (Phi) is 7.52. The lowest BCUT2D eigenvalue weighted by Crippen LogP contribution is -2.29. The molecule has 3 aromatic rings. The molecule has 1 amide bonds. The van der Waals surface area contributed by atoms with Gasteiger partial charge in [-0.05, 0) is 40.8 Å². The summed E-state index contributed by atoms with van der Waals surface area (Å²) in [6, 6.07) is 12.0. The molecule has 8 nitrogen and oxygen atoms in total. The number of hydrogen-bond donors (Lipinski definition) is 2. The molecule has 0 spiro atoms. The van der Waals surface area contributed by atoms with E-state index < -0.39 is 15.9 Å². The van der Waals surface area contributed by atoms with Crippen LogP contribution in [0.1, 0.15) is 52.6 Å². The van der Waals surface area contributed by atoms with Crippen LogP contribution in [-0.2, 0) is 22.0 Å². The highest BCUT2D eigenvalue weighted by molar-refractivity contribution is 7.92. The smallest absolute Gasteiger partial charge is 0.261 e. The van der Waals surface area contributed by atoms with Gasteiger partial charge in [-0.3, -0.25) is 19.1 Å². The number of halogens is 1. The van der Waals surface area contributed by atoms with Crippen LogP contribution in [0.5, 0.6) is 0 Å².